The van der Waals surface area contributed by atoms with E-state index in [0.717, 1.165) is 25.6 Å². The fourth-order valence-electron chi connectivity index (χ4n) is 1.85. The van der Waals surface area contributed by atoms with Crippen LogP contribution < -0.4 is 0 Å². The van der Waals surface area contributed by atoms with Crippen LogP contribution in [0.1, 0.15) is 39.0 Å². The fraction of sp³-hybridized carbons (Fsp3) is 1.00. The molecule has 2 heteroatoms. The van der Waals surface area contributed by atoms with Gasteiger partial charge in [-0.2, -0.15) is 0 Å². The van der Waals surface area contributed by atoms with Crippen molar-refractivity contribution in [3.8, 4) is 0 Å². The zero-order valence-corrected chi connectivity index (χ0v) is 8.92. The Morgan fingerprint density at radius 1 is 1.08 bits per heavy atom. The fourth-order valence-corrected chi connectivity index (χ4v) is 1.85. The summed E-state index contributed by atoms with van der Waals surface area (Å²) in [6.45, 7) is 4.02. The van der Waals surface area contributed by atoms with Gasteiger partial charge in [0.1, 0.15) is 0 Å². The highest BCUT2D eigenvalue weighted by molar-refractivity contribution is 4.69. The Bertz CT molecular complexity index is 117. The number of hydrogen-bond acceptors (Lipinski definition) is 2. The van der Waals surface area contributed by atoms with E-state index in [1.807, 2.05) is 0 Å². The Kier molecular flexibility index (Phi) is 5.40. The van der Waals surface area contributed by atoms with Crippen LogP contribution in [0.25, 0.3) is 0 Å². The van der Waals surface area contributed by atoms with Crippen molar-refractivity contribution in [2.45, 2.75) is 45.1 Å². The predicted octanol–water partition coefficient (Wildman–Crippen LogP) is 2.62. The van der Waals surface area contributed by atoms with Crippen molar-refractivity contribution in [3.63, 3.8) is 0 Å². The molecule has 0 aliphatic heterocycles. The van der Waals surface area contributed by atoms with Gasteiger partial charge in [-0.05, 0) is 38.0 Å². The lowest BCUT2D eigenvalue weighted by molar-refractivity contribution is 0.0107. The van der Waals surface area contributed by atoms with Crippen molar-refractivity contribution >= 4 is 0 Å². The molecule has 0 radical (unpaired) electrons. The molecule has 0 N–H and O–H groups in total. The molecule has 2 nitrogen and oxygen atoms in total. The zero-order valence-electron chi connectivity index (χ0n) is 8.92. The summed E-state index contributed by atoms with van der Waals surface area (Å²) in [5.41, 5.74) is 0. The lowest BCUT2D eigenvalue weighted by Gasteiger charge is -2.26. The maximum absolute atomic E-state index is 5.75. The van der Waals surface area contributed by atoms with E-state index in [2.05, 4.69) is 6.92 Å². The van der Waals surface area contributed by atoms with Gasteiger partial charge < -0.3 is 9.47 Å². The van der Waals surface area contributed by atoms with Gasteiger partial charge in [-0.25, -0.2) is 0 Å². The molecule has 1 rings (SSSR count). The number of methoxy groups -OCH3 is 1. The third-order valence-corrected chi connectivity index (χ3v) is 2.81. The van der Waals surface area contributed by atoms with Gasteiger partial charge in [-0.15, -0.1) is 0 Å². The largest absolute Gasteiger partial charge is 0.385 e. The second-order valence-corrected chi connectivity index (χ2v) is 4.10. The van der Waals surface area contributed by atoms with Crippen LogP contribution in [0, 0.1) is 5.92 Å². The summed E-state index contributed by atoms with van der Waals surface area (Å²) in [5.74, 6) is 0.916. The molecule has 13 heavy (non-hydrogen) atoms. The van der Waals surface area contributed by atoms with Crippen LogP contribution in [0.2, 0.25) is 0 Å². The average molecular weight is 186 g/mol. The van der Waals surface area contributed by atoms with Gasteiger partial charge in [0, 0.05) is 20.3 Å². The maximum atomic E-state index is 5.75. The number of rotatable bonds is 5. The van der Waals surface area contributed by atoms with Gasteiger partial charge in [0.25, 0.3) is 0 Å². The first-order chi connectivity index (χ1) is 6.33. The van der Waals surface area contributed by atoms with Crippen molar-refractivity contribution in [1.82, 2.24) is 0 Å². The normalized spacial score (nSPS) is 29.1. The molecule has 0 atom stereocenters. The summed E-state index contributed by atoms with van der Waals surface area (Å²) in [7, 11) is 1.74. The molecular formula is C11H22O2. The molecule has 0 spiro atoms. The van der Waals surface area contributed by atoms with Gasteiger partial charge in [-0.1, -0.05) is 6.92 Å². The standard InChI is InChI=1S/C11H22O2/c1-10-4-6-11(7-5-10)13-9-3-8-12-2/h10-11H,3-9H2,1-2H3. The van der Waals surface area contributed by atoms with E-state index in [1.54, 1.807) is 7.11 Å². The van der Waals surface area contributed by atoms with Crippen molar-refractivity contribution in [1.29, 1.82) is 0 Å². The summed E-state index contributed by atoms with van der Waals surface area (Å²) < 4.78 is 10.7. The molecule has 0 bridgehead atoms. The number of ether oxygens (including phenoxy) is 2. The van der Waals surface area contributed by atoms with Crippen LogP contribution in [0.15, 0.2) is 0 Å². The molecular weight excluding hydrogens is 164 g/mol. The zero-order chi connectivity index (χ0) is 9.52. The van der Waals surface area contributed by atoms with E-state index in [9.17, 15) is 0 Å². The highest BCUT2D eigenvalue weighted by Crippen LogP contribution is 2.25. The van der Waals surface area contributed by atoms with Crippen LogP contribution >= 0.6 is 0 Å². The van der Waals surface area contributed by atoms with Gasteiger partial charge in [0.05, 0.1) is 6.10 Å². The summed E-state index contributed by atoms with van der Waals surface area (Å²) >= 11 is 0. The number of hydrogen-bond donors (Lipinski definition) is 0. The minimum Gasteiger partial charge on any atom is -0.385 e. The molecule has 0 saturated heterocycles. The van der Waals surface area contributed by atoms with E-state index < -0.39 is 0 Å². The molecule has 1 aliphatic rings. The van der Waals surface area contributed by atoms with E-state index >= 15 is 0 Å². The van der Waals surface area contributed by atoms with Crippen LogP contribution in [-0.4, -0.2) is 26.4 Å². The second kappa shape index (κ2) is 6.39. The highest BCUT2D eigenvalue weighted by atomic mass is 16.5. The summed E-state index contributed by atoms with van der Waals surface area (Å²) in [5, 5.41) is 0. The van der Waals surface area contributed by atoms with Crippen molar-refractivity contribution in [2.75, 3.05) is 20.3 Å². The van der Waals surface area contributed by atoms with E-state index in [1.165, 1.54) is 25.7 Å². The molecule has 0 aromatic heterocycles. The van der Waals surface area contributed by atoms with E-state index in [-0.39, 0.29) is 0 Å². The first-order valence-corrected chi connectivity index (χ1v) is 5.43. The monoisotopic (exact) mass is 186 g/mol. The molecule has 0 aromatic rings. The molecule has 0 aromatic carbocycles. The molecule has 0 amide bonds. The van der Waals surface area contributed by atoms with Crippen LogP contribution in [-0.2, 0) is 9.47 Å². The van der Waals surface area contributed by atoms with Crippen LogP contribution in [0.3, 0.4) is 0 Å². The van der Waals surface area contributed by atoms with Gasteiger partial charge in [0.15, 0.2) is 0 Å². The highest BCUT2D eigenvalue weighted by Gasteiger charge is 2.17. The Morgan fingerprint density at radius 3 is 2.38 bits per heavy atom. The Balaban J connectivity index is 1.96. The minimum atomic E-state index is 0.535. The quantitative estimate of drug-likeness (QED) is 0.614. The molecule has 1 fully saturated rings. The van der Waals surface area contributed by atoms with Gasteiger partial charge >= 0.3 is 0 Å². The Morgan fingerprint density at radius 2 is 1.77 bits per heavy atom. The topological polar surface area (TPSA) is 18.5 Å². The summed E-state index contributed by atoms with van der Waals surface area (Å²) in [6, 6.07) is 0. The van der Waals surface area contributed by atoms with Crippen molar-refractivity contribution in [3.05, 3.63) is 0 Å². The predicted molar refractivity (Wildman–Crippen MR) is 53.9 cm³/mol. The van der Waals surface area contributed by atoms with Crippen molar-refractivity contribution in [2.24, 2.45) is 5.92 Å². The average Bonchev–Trinajstić information content (AvgIpc) is 2.15. The molecule has 1 saturated carbocycles. The Hall–Kier alpha value is -0.0800. The maximum Gasteiger partial charge on any atom is 0.0575 e. The van der Waals surface area contributed by atoms with Crippen molar-refractivity contribution < 1.29 is 9.47 Å². The molecule has 0 unspecified atom stereocenters. The second-order valence-electron chi connectivity index (χ2n) is 4.10. The van der Waals surface area contributed by atoms with Crippen LogP contribution in [0.4, 0.5) is 0 Å². The van der Waals surface area contributed by atoms with E-state index in [4.69, 9.17) is 9.47 Å². The SMILES string of the molecule is COCCCOC1CCC(C)CC1. The summed E-state index contributed by atoms with van der Waals surface area (Å²) in [6.07, 6.45) is 6.77. The third kappa shape index (κ3) is 4.63. The molecule has 78 valence electrons. The molecule has 1 aliphatic carbocycles. The van der Waals surface area contributed by atoms with Gasteiger partial charge in [-0.3, -0.25) is 0 Å². The first kappa shape index (κ1) is 11.0. The lowest BCUT2D eigenvalue weighted by atomic mass is 9.89. The first-order valence-electron chi connectivity index (χ1n) is 5.43. The molecule has 0 heterocycles. The minimum absolute atomic E-state index is 0.535. The van der Waals surface area contributed by atoms with E-state index in [0.29, 0.717) is 6.10 Å². The summed E-state index contributed by atoms with van der Waals surface area (Å²) in [4.78, 5) is 0. The Labute approximate surface area is 81.6 Å². The lowest BCUT2D eigenvalue weighted by Crippen LogP contribution is -2.21. The smallest absolute Gasteiger partial charge is 0.0575 e. The van der Waals surface area contributed by atoms with Crippen LogP contribution in [0.5, 0.6) is 0 Å². The van der Waals surface area contributed by atoms with Gasteiger partial charge in [0.2, 0.25) is 0 Å². The third-order valence-electron chi connectivity index (χ3n) is 2.81.